The first-order valence-electron chi connectivity index (χ1n) is 5.65. The SMILES string of the molecule is CC(C)(C)CCS(=O)(=O)Nc1cc(F)ccc1N. The van der Waals surface area contributed by atoms with Crippen molar-refractivity contribution in [2.24, 2.45) is 5.41 Å². The van der Waals surface area contributed by atoms with Gasteiger partial charge in [-0.1, -0.05) is 20.8 Å². The van der Waals surface area contributed by atoms with Crippen LogP contribution in [0.1, 0.15) is 27.2 Å². The van der Waals surface area contributed by atoms with E-state index in [9.17, 15) is 12.8 Å². The molecule has 6 heteroatoms. The Morgan fingerprint density at radius 1 is 1.33 bits per heavy atom. The molecule has 0 aliphatic carbocycles. The monoisotopic (exact) mass is 274 g/mol. The van der Waals surface area contributed by atoms with Crippen molar-refractivity contribution in [1.29, 1.82) is 0 Å². The second-order valence-corrected chi connectivity index (χ2v) is 7.31. The highest BCUT2D eigenvalue weighted by Crippen LogP contribution is 2.23. The molecule has 0 aliphatic heterocycles. The molecule has 0 amide bonds. The minimum Gasteiger partial charge on any atom is -0.397 e. The molecule has 0 heterocycles. The van der Waals surface area contributed by atoms with E-state index < -0.39 is 15.8 Å². The van der Waals surface area contributed by atoms with E-state index in [4.69, 9.17) is 5.73 Å². The van der Waals surface area contributed by atoms with Gasteiger partial charge in [0.25, 0.3) is 0 Å². The fourth-order valence-electron chi connectivity index (χ4n) is 1.28. The first-order chi connectivity index (χ1) is 8.09. The van der Waals surface area contributed by atoms with Crippen molar-refractivity contribution in [2.45, 2.75) is 27.2 Å². The predicted molar refractivity (Wildman–Crippen MR) is 72.3 cm³/mol. The maximum atomic E-state index is 13.0. The number of hydrogen-bond donors (Lipinski definition) is 2. The molecule has 0 radical (unpaired) electrons. The van der Waals surface area contributed by atoms with E-state index in [1.165, 1.54) is 12.1 Å². The standard InChI is InChI=1S/C12H19FN2O2S/c1-12(2,3)6-7-18(16,17)15-11-8-9(13)4-5-10(11)14/h4-5,8,15H,6-7,14H2,1-3H3. The van der Waals surface area contributed by atoms with Crippen LogP contribution in [0, 0.1) is 11.2 Å². The second-order valence-electron chi connectivity index (χ2n) is 5.46. The topological polar surface area (TPSA) is 72.2 Å². The van der Waals surface area contributed by atoms with Gasteiger partial charge in [-0.05, 0) is 24.0 Å². The van der Waals surface area contributed by atoms with Crippen LogP contribution in [0.2, 0.25) is 0 Å². The van der Waals surface area contributed by atoms with Gasteiger partial charge in [0.1, 0.15) is 5.82 Å². The highest BCUT2D eigenvalue weighted by atomic mass is 32.2. The Morgan fingerprint density at radius 3 is 2.50 bits per heavy atom. The molecule has 1 aromatic rings. The molecule has 0 atom stereocenters. The number of sulfonamides is 1. The van der Waals surface area contributed by atoms with Crippen molar-refractivity contribution in [3.8, 4) is 0 Å². The molecular weight excluding hydrogens is 255 g/mol. The van der Waals surface area contributed by atoms with Gasteiger partial charge >= 0.3 is 0 Å². The highest BCUT2D eigenvalue weighted by molar-refractivity contribution is 7.92. The van der Waals surface area contributed by atoms with Gasteiger partial charge in [0, 0.05) is 6.07 Å². The quantitative estimate of drug-likeness (QED) is 0.829. The molecule has 1 aromatic carbocycles. The van der Waals surface area contributed by atoms with Gasteiger partial charge in [0.05, 0.1) is 17.1 Å². The summed E-state index contributed by atoms with van der Waals surface area (Å²) in [5.74, 6) is -0.551. The summed E-state index contributed by atoms with van der Waals surface area (Å²) in [6.45, 7) is 5.87. The molecule has 0 saturated heterocycles. The largest absolute Gasteiger partial charge is 0.397 e. The van der Waals surface area contributed by atoms with Gasteiger partial charge < -0.3 is 5.73 Å². The molecule has 0 bridgehead atoms. The molecule has 0 spiro atoms. The van der Waals surface area contributed by atoms with Crippen LogP contribution in [-0.2, 0) is 10.0 Å². The third kappa shape index (κ3) is 4.91. The minimum absolute atomic E-state index is 0.0214. The summed E-state index contributed by atoms with van der Waals surface area (Å²) in [6, 6.07) is 3.59. The molecule has 0 aromatic heterocycles. The lowest BCUT2D eigenvalue weighted by molar-refractivity contribution is 0.397. The van der Waals surface area contributed by atoms with Crippen LogP contribution in [0.25, 0.3) is 0 Å². The number of anilines is 2. The van der Waals surface area contributed by atoms with Gasteiger partial charge in [-0.15, -0.1) is 0 Å². The average molecular weight is 274 g/mol. The number of hydrogen-bond acceptors (Lipinski definition) is 3. The number of nitrogens with one attached hydrogen (secondary N) is 1. The maximum Gasteiger partial charge on any atom is 0.232 e. The van der Waals surface area contributed by atoms with Gasteiger partial charge in [-0.3, -0.25) is 4.72 Å². The zero-order chi connectivity index (χ0) is 14.0. The second kappa shape index (κ2) is 5.14. The van der Waals surface area contributed by atoms with Gasteiger partial charge in [-0.25, -0.2) is 12.8 Å². The van der Waals surface area contributed by atoms with E-state index in [1.54, 1.807) is 0 Å². The molecular formula is C12H19FN2O2S. The number of nitrogens with two attached hydrogens (primary N) is 1. The summed E-state index contributed by atoms with van der Waals surface area (Å²) in [7, 11) is -3.50. The first-order valence-corrected chi connectivity index (χ1v) is 7.30. The van der Waals surface area contributed by atoms with E-state index >= 15 is 0 Å². The number of nitrogen functional groups attached to an aromatic ring is 1. The van der Waals surface area contributed by atoms with Crippen molar-refractivity contribution in [3.05, 3.63) is 24.0 Å². The van der Waals surface area contributed by atoms with E-state index in [0.29, 0.717) is 6.42 Å². The zero-order valence-electron chi connectivity index (χ0n) is 10.8. The van der Waals surface area contributed by atoms with Crippen molar-refractivity contribution < 1.29 is 12.8 Å². The van der Waals surface area contributed by atoms with Crippen LogP contribution in [0.15, 0.2) is 18.2 Å². The van der Waals surface area contributed by atoms with Crippen LogP contribution >= 0.6 is 0 Å². The highest BCUT2D eigenvalue weighted by Gasteiger charge is 2.18. The molecule has 18 heavy (non-hydrogen) atoms. The summed E-state index contributed by atoms with van der Waals surface area (Å²) in [5.41, 5.74) is 5.80. The smallest absolute Gasteiger partial charge is 0.232 e. The number of benzene rings is 1. The van der Waals surface area contributed by atoms with Crippen molar-refractivity contribution in [1.82, 2.24) is 0 Å². The number of rotatable bonds is 4. The Morgan fingerprint density at radius 2 is 1.94 bits per heavy atom. The molecule has 3 N–H and O–H groups in total. The summed E-state index contributed by atoms with van der Waals surface area (Å²) in [6.07, 6.45) is 0.511. The summed E-state index contributed by atoms with van der Waals surface area (Å²) in [5, 5.41) is 0. The predicted octanol–water partition coefficient (Wildman–Crippen LogP) is 2.59. The van der Waals surface area contributed by atoms with Gasteiger partial charge in [0.15, 0.2) is 0 Å². The van der Waals surface area contributed by atoms with E-state index in [0.717, 1.165) is 6.07 Å². The van der Waals surface area contributed by atoms with E-state index in [-0.39, 0.29) is 22.5 Å². The van der Waals surface area contributed by atoms with Crippen molar-refractivity contribution >= 4 is 21.4 Å². The molecule has 102 valence electrons. The molecule has 0 aliphatic rings. The van der Waals surface area contributed by atoms with Crippen molar-refractivity contribution in [2.75, 3.05) is 16.2 Å². The third-order valence-corrected chi connectivity index (χ3v) is 3.67. The lowest BCUT2D eigenvalue weighted by Gasteiger charge is -2.18. The van der Waals surface area contributed by atoms with Crippen molar-refractivity contribution in [3.63, 3.8) is 0 Å². The van der Waals surface area contributed by atoms with Gasteiger partial charge in [0.2, 0.25) is 10.0 Å². The molecule has 0 saturated carbocycles. The lowest BCUT2D eigenvalue weighted by atomic mass is 9.94. The zero-order valence-corrected chi connectivity index (χ0v) is 11.6. The van der Waals surface area contributed by atoms with E-state index in [1.807, 2.05) is 20.8 Å². The maximum absolute atomic E-state index is 13.0. The van der Waals surface area contributed by atoms with Crippen LogP contribution in [0.5, 0.6) is 0 Å². The normalized spacial score (nSPS) is 12.4. The summed E-state index contributed by atoms with van der Waals surface area (Å²) < 4.78 is 39.0. The fourth-order valence-corrected chi connectivity index (χ4v) is 2.77. The van der Waals surface area contributed by atoms with E-state index in [2.05, 4.69) is 4.72 Å². The first kappa shape index (κ1) is 14.8. The van der Waals surface area contributed by atoms with Crippen LogP contribution in [0.3, 0.4) is 0 Å². The molecule has 4 nitrogen and oxygen atoms in total. The molecule has 0 fully saturated rings. The third-order valence-electron chi connectivity index (χ3n) is 2.40. The average Bonchev–Trinajstić information content (AvgIpc) is 2.20. The number of halogens is 1. The minimum atomic E-state index is -3.50. The summed E-state index contributed by atoms with van der Waals surface area (Å²) in [4.78, 5) is 0. The van der Waals surface area contributed by atoms with Crippen LogP contribution in [-0.4, -0.2) is 14.2 Å². The Labute approximate surface area is 107 Å². The van der Waals surface area contributed by atoms with Crippen LogP contribution < -0.4 is 10.5 Å². The molecule has 0 unspecified atom stereocenters. The Kier molecular flexibility index (Phi) is 4.21. The summed E-state index contributed by atoms with van der Waals surface area (Å²) >= 11 is 0. The van der Waals surface area contributed by atoms with Gasteiger partial charge in [-0.2, -0.15) is 0 Å². The Bertz CT molecular complexity index is 521. The molecule has 1 rings (SSSR count). The van der Waals surface area contributed by atoms with Crippen LogP contribution in [0.4, 0.5) is 15.8 Å². The fraction of sp³-hybridized carbons (Fsp3) is 0.500. The lowest BCUT2D eigenvalue weighted by Crippen LogP contribution is -2.21. The Balaban J connectivity index is 2.80. The Hall–Kier alpha value is -1.30.